The van der Waals surface area contributed by atoms with Crippen LogP contribution in [0.15, 0.2) is 30.3 Å². The summed E-state index contributed by atoms with van der Waals surface area (Å²) in [5.41, 5.74) is 1.34. The second-order valence-electron chi connectivity index (χ2n) is 5.51. The van der Waals surface area contributed by atoms with Crippen molar-refractivity contribution in [3.63, 3.8) is 0 Å². The Morgan fingerprint density at radius 2 is 2.11 bits per heavy atom. The highest BCUT2D eigenvalue weighted by Crippen LogP contribution is 2.13. The van der Waals surface area contributed by atoms with Gasteiger partial charge in [0.1, 0.15) is 0 Å². The first-order valence-corrected chi connectivity index (χ1v) is 6.84. The number of likely N-dealkylation sites (tertiary alicyclic amines) is 1. The molecular formula is C15H23N3O. The molecule has 0 aromatic heterocycles. The first-order chi connectivity index (χ1) is 9.13. The topological polar surface area (TPSA) is 35.6 Å². The minimum atomic E-state index is 0.122. The molecule has 0 saturated carbocycles. The number of nitrogens with zero attached hydrogens (tertiary/aromatic N) is 2. The van der Waals surface area contributed by atoms with Gasteiger partial charge >= 0.3 is 0 Å². The van der Waals surface area contributed by atoms with E-state index in [9.17, 15) is 4.79 Å². The van der Waals surface area contributed by atoms with Crippen molar-refractivity contribution in [3.8, 4) is 0 Å². The zero-order valence-electron chi connectivity index (χ0n) is 11.8. The normalized spacial score (nSPS) is 19.8. The Morgan fingerprint density at radius 1 is 1.37 bits per heavy atom. The molecule has 1 aliphatic heterocycles. The first-order valence-electron chi connectivity index (χ1n) is 6.84. The Kier molecular flexibility index (Phi) is 4.93. The molecule has 0 bridgehead atoms. The van der Waals surface area contributed by atoms with Crippen LogP contribution in [0.3, 0.4) is 0 Å². The molecule has 1 atom stereocenters. The number of hydrogen-bond acceptors (Lipinski definition) is 3. The summed E-state index contributed by atoms with van der Waals surface area (Å²) in [6.07, 6.45) is 1.05. The number of rotatable bonds is 5. The molecule has 1 aromatic rings. The van der Waals surface area contributed by atoms with Crippen LogP contribution < -0.4 is 5.32 Å². The van der Waals surface area contributed by atoms with E-state index < -0.39 is 0 Å². The first kappa shape index (κ1) is 14.0. The molecule has 0 radical (unpaired) electrons. The number of carbonyl (C=O) groups excluding carboxylic acids is 1. The standard InChI is InChI=1S/C15H23N3O/c1-17(2)12-15(19)16-14-8-9-18(11-14)10-13-6-4-3-5-7-13/h3-7,14H,8-12H2,1-2H3,(H,16,19)/t14-/m0/s1. The Bertz CT molecular complexity index is 405. The molecule has 2 rings (SSSR count). The molecule has 0 aliphatic carbocycles. The molecule has 1 N–H and O–H groups in total. The second-order valence-corrected chi connectivity index (χ2v) is 5.51. The summed E-state index contributed by atoms with van der Waals surface area (Å²) < 4.78 is 0. The fourth-order valence-corrected chi connectivity index (χ4v) is 2.50. The number of benzene rings is 1. The molecule has 1 aliphatic rings. The van der Waals surface area contributed by atoms with Crippen LogP contribution in [0.4, 0.5) is 0 Å². The average Bonchev–Trinajstić information content (AvgIpc) is 2.76. The van der Waals surface area contributed by atoms with Gasteiger partial charge in [-0.25, -0.2) is 0 Å². The predicted octanol–water partition coefficient (Wildman–Crippen LogP) is 0.939. The van der Waals surface area contributed by atoms with Gasteiger partial charge in [0, 0.05) is 25.7 Å². The maximum Gasteiger partial charge on any atom is 0.234 e. The van der Waals surface area contributed by atoms with Crippen LogP contribution in [-0.4, -0.2) is 55.5 Å². The third-order valence-electron chi connectivity index (χ3n) is 3.35. The van der Waals surface area contributed by atoms with Gasteiger partial charge in [0.05, 0.1) is 6.54 Å². The Labute approximate surface area is 115 Å². The van der Waals surface area contributed by atoms with Crippen LogP contribution >= 0.6 is 0 Å². The molecule has 104 valence electrons. The van der Waals surface area contributed by atoms with E-state index >= 15 is 0 Å². The number of likely N-dealkylation sites (N-methyl/N-ethyl adjacent to an activating group) is 1. The van der Waals surface area contributed by atoms with Gasteiger partial charge in [-0.15, -0.1) is 0 Å². The Balaban J connectivity index is 1.76. The molecule has 1 heterocycles. The highest BCUT2D eigenvalue weighted by atomic mass is 16.2. The summed E-state index contributed by atoms with van der Waals surface area (Å²) in [4.78, 5) is 16.0. The molecule has 1 saturated heterocycles. The number of nitrogens with one attached hydrogen (secondary N) is 1. The van der Waals surface area contributed by atoms with Crippen molar-refractivity contribution in [2.75, 3.05) is 33.7 Å². The molecule has 1 fully saturated rings. The molecule has 0 unspecified atom stereocenters. The van der Waals surface area contributed by atoms with E-state index in [2.05, 4.69) is 34.5 Å². The zero-order valence-corrected chi connectivity index (χ0v) is 11.8. The van der Waals surface area contributed by atoms with Crippen LogP contribution in [0.1, 0.15) is 12.0 Å². The van der Waals surface area contributed by atoms with E-state index in [0.717, 1.165) is 26.1 Å². The van der Waals surface area contributed by atoms with E-state index in [4.69, 9.17) is 0 Å². The zero-order chi connectivity index (χ0) is 13.7. The van der Waals surface area contributed by atoms with Gasteiger partial charge in [-0.1, -0.05) is 30.3 Å². The highest BCUT2D eigenvalue weighted by Gasteiger charge is 2.23. The molecule has 19 heavy (non-hydrogen) atoms. The van der Waals surface area contributed by atoms with Gasteiger partial charge in [0.2, 0.25) is 5.91 Å². The number of amides is 1. The van der Waals surface area contributed by atoms with E-state index in [-0.39, 0.29) is 5.91 Å². The van der Waals surface area contributed by atoms with Crippen LogP contribution in [-0.2, 0) is 11.3 Å². The summed E-state index contributed by atoms with van der Waals surface area (Å²) in [6.45, 7) is 3.45. The van der Waals surface area contributed by atoms with Crippen molar-refractivity contribution in [2.24, 2.45) is 0 Å². The summed E-state index contributed by atoms with van der Waals surface area (Å²) in [5.74, 6) is 0.122. The SMILES string of the molecule is CN(C)CC(=O)N[C@H]1CCN(Cc2ccccc2)C1. The Hall–Kier alpha value is -1.39. The molecular weight excluding hydrogens is 238 g/mol. The van der Waals surface area contributed by atoms with Crippen LogP contribution in [0.25, 0.3) is 0 Å². The summed E-state index contributed by atoms with van der Waals surface area (Å²) >= 11 is 0. The van der Waals surface area contributed by atoms with Gasteiger partial charge in [-0.2, -0.15) is 0 Å². The summed E-state index contributed by atoms with van der Waals surface area (Å²) in [6, 6.07) is 10.8. The average molecular weight is 261 g/mol. The Morgan fingerprint density at radius 3 is 2.79 bits per heavy atom. The highest BCUT2D eigenvalue weighted by molar-refractivity contribution is 5.78. The third-order valence-corrected chi connectivity index (χ3v) is 3.35. The smallest absolute Gasteiger partial charge is 0.234 e. The number of hydrogen-bond donors (Lipinski definition) is 1. The maximum atomic E-state index is 11.7. The lowest BCUT2D eigenvalue weighted by molar-refractivity contribution is -0.122. The van der Waals surface area contributed by atoms with E-state index in [1.165, 1.54) is 5.56 Å². The van der Waals surface area contributed by atoms with Crippen LogP contribution in [0, 0.1) is 0 Å². The summed E-state index contributed by atoms with van der Waals surface area (Å²) in [7, 11) is 3.83. The van der Waals surface area contributed by atoms with E-state index in [1.54, 1.807) is 0 Å². The van der Waals surface area contributed by atoms with Gasteiger partial charge in [-0.3, -0.25) is 9.69 Å². The van der Waals surface area contributed by atoms with Gasteiger partial charge in [0.25, 0.3) is 0 Å². The minimum absolute atomic E-state index is 0.122. The third kappa shape index (κ3) is 4.65. The van der Waals surface area contributed by atoms with Crippen molar-refractivity contribution in [1.29, 1.82) is 0 Å². The van der Waals surface area contributed by atoms with Crippen molar-refractivity contribution in [2.45, 2.75) is 19.0 Å². The second kappa shape index (κ2) is 6.68. The quantitative estimate of drug-likeness (QED) is 0.857. The van der Waals surface area contributed by atoms with E-state index in [1.807, 2.05) is 25.1 Å². The van der Waals surface area contributed by atoms with Crippen LogP contribution in [0.2, 0.25) is 0 Å². The molecule has 4 nitrogen and oxygen atoms in total. The van der Waals surface area contributed by atoms with Gasteiger partial charge < -0.3 is 10.2 Å². The van der Waals surface area contributed by atoms with Crippen molar-refractivity contribution >= 4 is 5.91 Å². The lowest BCUT2D eigenvalue weighted by atomic mass is 10.2. The van der Waals surface area contributed by atoms with Crippen molar-refractivity contribution in [3.05, 3.63) is 35.9 Å². The van der Waals surface area contributed by atoms with Gasteiger partial charge in [0.15, 0.2) is 0 Å². The van der Waals surface area contributed by atoms with Gasteiger partial charge in [-0.05, 0) is 26.1 Å². The monoisotopic (exact) mass is 261 g/mol. The fourth-order valence-electron chi connectivity index (χ4n) is 2.50. The molecule has 1 aromatic carbocycles. The lowest BCUT2D eigenvalue weighted by Gasteiger charge is -2.17. The van der Waals surface area contributed by atoms with E-state index in [0.29, 0.717) is 12.6 Å². The largest absolute Gasteiger partial charge is 0.351 e. The minimum Gasteiger partial charge on any atom is -0.351 e. The predicted molar refractivity (Wildman–Crippen MR) is 76.8 cm³/mol. The van der Waals surface area contributed by atoms with Crippen LogP contribution in [0.5, 0.6) is 0 Å². The molecule has 0 spiro atoms. The number of carbonyl (C=O) groups is 1. The molecule has 4 heteroatoms. The fraction of sp³-hybridized carbons (Fsp3) is 0.533. The molecule has 1 amide bonds. The van der Waals surface area contributed by atoms with Crippen molar-refractivity contribution < 1.29 is 4.79 Å². The van der Waals surface area contributed by atoms with Crippen molar-refractivity contribution in [1.82, 2.24) is 15.1 Å². The lowest BCUT2D eigenvalue weighted by Crippen LogP contribution is -2.41. The maximum absolute atomic E-state index is 11.7. The summed E-state index contributed by atoms with van der Waals surface area (Å²) in [5, 5.41) is 3.10.